The number of hydrogen-bond donors (Lipinski definition) is 1. The van der Waals surface area contributed by atoms with Gasteiger partial charge in [-0.15, -0.1) is 0 Å². The van der Waals surface area contributed by atoms with Crippen LogP contribution in [0.3, 0.4) is 0 Å². The van der Waals surface area contributed by atoms with Crippen LogP contribution >= 0.6 is 11.8 Å². The Morgan fingerprint density at radius 1 is 1.60 bits per heavy atom. The Kier molecular flexibility index (Phi) is 4.93. The Hall–Kier alpha value is -0.790. The zero-order valence-corrected chi connectivity index (χ0v) is 13.5. The van der Waals surface area contributed by atoms with Crippen molar-refractivity contribution in [3.63, 3.8) is 0 Å². The molecule has 5 nitrogen and oxygen atoms in total. The summed E-state index contributed by atoms with van der Waals surface area (Å²) in [6, 6.07) is 3.69. The van der Waals surface area contributed by atoms with Crippen molar-refractivity contribution in [3.8, 4) is 0 Å². The molecule has 2 rings (SSSR count). The molecule has 1 unspecified atom stereocenters. The smallest absolute Gasteiger partial charge is 0.171 e. The van der Waals surface area contributed by atoms with Gasteiger partial charge in [0.1, 0.15) is 11.2 Å². The van der Waals surface area contributed by atoms with Gasteiger partial charge in [-0.25, -0.2) is 13.4 Å². The maximum absolute atomic E-state index is 12.2. The lowest BCUT2D eigenvalue weighted by molar-refractivity contribution is 0.579. The minimum atomic E-state index is -3.12. The van der Waals surface area contributed by atoms with Gasteiger partial charge in [0, 0.05) is 36.0 Å². The van der Waals surface area contributed by atoms with Crippen molar-refractivity contribution >= 4 is 27.4 Å². The van der Waals surface area contributed by atoms with E-state index in [1.807, 2.05) is 24.0 Å². The first-order chi connectivity index (χ1) is 9.45. The van der Waals surface area contributed by atoms with Crippen LogP contribution in [0.5, 0.6) is 0 Å². The van der Waals surface area contributed by atoms with Gasteiger partial charge in [-0.05, 0) is 24.6 Å². The number of rotatable bonds is 4. The number of thioether (sulfide) groups is 1. The van der Waals surface area contributed by atoms with E-state index >= 15 is 0 Å². The molecule has 2 N–H and O–H groups in total. The number of pyridine rings is 1. The molecule has 1 aliphatic rings. The zero-order valence-electron chi connectivity index (χ0n) is 11.8. The Morgan fingerprint density at radius 2 is 2.35 bits per heavy atom. The number of aromatic nitrogens is 1. The Morgan fingerprint density at radius 3 is 3.00 bits per heavy atom. The quantitative estimate of drug-likeness (QED) is 0.905. The molecule has 0 saturated carbocycles. The van der Waals surface area contributed by atoms with Gasteiger partial charge < -0.3 is 10.6 Å². The average Bonchev–Trinajstić information content (AvgIpc) is 2.47. The van der Waals surface area contributed by atoms with Gasteiger partial charge in [0.15, 0.2) is 9.84 Å². The number of sulfone groups is 1. The molecule has 0 radical (unpaired) electrons. The summed E-state index contributed by atoms with van der Waals surface area (Å²) in [5, 5.41) is -0.484. The normalized spacial score (nSPS) is 21.8. The maximum atomic E-state index is 12.2. The Bertz CT molecular complexity index is 560. The molecule has 1 aromatic heterocycles. The lowest BCUT2D eigenvalue weighted by Gasteiger charge is -2.35. The van der Waals surface area contributed by atoms with Gasteiger partial charge in [-0.3, -0.25) is 0 Å². The van der Waals surface area contributed by atoms with Crippen molar-refractivity contribution in [2.24, 2.45) is 5.73 Å². The SMILES string of the molecule is CCS(=O)(=O)C1CSCCN1c1cc([C@@H](C)N)ccn1. The van der Waals surface area contributed by atoms with E-state index in [1.54, 1.807) is 24.9 Å². The molecule has 2 atom stereocenters. The highest BCUT2D eigenvalue weighted by atomic mass is 32.2. The second kappa shape index (κ2) is 6.32. The predicted octanol–water partition coefficient (Wildman–Crippen LogP) is 1.42. The number of hydrogen-bond acceptors (Lipinski definition) is 6. The molecule has 0 aromatic carbocycles. The molecule has 0 aliphatic carbocycles. The first-order valence-corrected chi connectivity index (χ1v) is 9.60. The third-order valence-corrected chi connectivity index (χ3v) is 6.78. The third kappa shape index (κ3) is 3.27. The van der Waals surface area contributed by atoms with Crippen LogP contribution in [-0.4, -0.2) is 42.6 Å². The summed E-state index contributed by atoms with van der Waals surface area (Å²) in [6.07, 6.45) is 1.70. The third-order valence-electron chi connectivity index (χ3n) is 3.49. The van der Waals surface area contributed by atoms with Crippen molar-refractivity contribution < 1.29 is 8.42 Å². The molecule has 1 aliphatic heterocycles. The van der Waals surface area contributed by atoms with Crippen molar-refractivity contribution in [2.75, 3.05) is 28.7 Å². The first-order valence-electron chi connectivity index (χ1n) is 6.73. The van der Waals surface area contributed by atoms with Crippen LogP contribution in [0.2, 0.25) is 0 Å². The topological polar surface area (TPSA) is 76.3 Å². The van der Waals surface area contributed by atoms with Crippen molar-refractivity contribution in [1.82, 2.24) is 4.98 Å². The van der Waals surface area contributed by atoms with Crippen LogP contribution in [0.1, 0.15) is 25.5 Å². The average molecular weight is 315 g/mol. The second-order valence-corrected chi connectivity index (χ2v) is 8.51. The first kappa shape index (κ1) is 15.6. The minimum absolute atomic E-state index is 0.0860. The number of anilines is 1. The highest BCUT2D eigenvalue weighted by molar-refractivity contribution is 8.01. The summed E-state index contributed by atoms with van der Waals surface area (Å²) in [5.41, 5.74) is 6.86. The van der Waals surface area contributed by atoms with Crippen molar-refractivity contribution in [2.45, 2.75) is 25.3 Å². The molecule has 1 saturated heterocycles. The predicted molar refractivity (Wildman–Crippen MR) is 84.8 cm³/mol. The van der Waals surface area contributed by atoms with Crippen molar-refractivity contribution in [1.29, 1.82) is 0 Å². The van der Waals surface area contributed by atoms with Gasteiger partial charge >= 0.3 is 0 Å². The standard InChI is InChI=1S/C13H21N3O2S2/c1-3-20(17,18)13-9-19-7-6-16(13)12-8-11(10(2)14)4-5-15-12/h4-5,8,10,13H,3,6-7,9,14H2,1-2H3/t10-,13?/m1/s1. The van der Waals surface area contributed by atoms with Gasteiger partial charge in [0.2, 0.25) is 0 Å². The van der Waals surface area contributed by atoms with Crippen LogP contribution in [0.25, 0.3) is 0 Å². The van der Waals surface area contributed by atoms with Crippen LogP contribution in [0.15, 0.2) is 18.3 Å². The van der Waals surface area contributed by atoms with E-state index in [9.17, 15) is 8.42 Å². The summed E-state index contributed by atoms with van der Waals surface area (Å²) in [7, 11) is -3.12. The van der Waals surface area contributed by atoms with E-state index in [1.165, 1.54) is 0 Å². The van der Waals surface area contributed by atoms with Gasteiger partial charge in [-0.1, -0.05) is 6.92 Å². The van der Waals surface area contributed by atoms with Crippen LogP contribution in [0, 0.1) is 0 Å². The lowest BCUT2D eigenvalue weighted by Crippen LogP contribution is -2.48. The fourth-order valence-electron chi connectivity index (χ4n) is 2.21. The van der Waals surface area contributed by atoms with E-state index in [2.05, 4.69) is 4.98 Å². The molecule has 2 heterocycles. The Balaban J connectivity index is 2.35. The van der Waals surface area contributed by atoms with Crippen LogP contribution in [-0.2, 0) is 9.84 Å². The van der Waals surface area contributed by atoms with Gasteiger partial charge in [0.05, 0.1) is 0 Å². The molecule has 7 heteroatoms. The van der Waals surface area contributed by atoms with E-state index in [-0.39, 0.29) is 11.8 Å². The fourth-order valence-corrected chi connectivity index (χ4v) is 5.19. The highest BCUT2D eigenvalue weighted by Crippen LogP contribution is 2.27. The summed E-state index contributed by atoms with van der Waals surface area (Å²) in [5.74, 6) is 2.38. The summed E-state index contributed by atoms with van der Waals surface area (Å²) in [4.78, 5) is 6.24. The van der Waals surface area contributed by atoms with E-state index in [0.717, 1.165) is 11.3 Å². The van der Waals surface area contributed by atoms with E-state index < -0.39 is 15.2 Å². The Labute approximate surface area is 124 Å². The largest absolute Gasteiger partial charge is 0.338 e. The van der Waals surface area contributed by atoms with Gasteiger partial charge in [-0.2, -0.15) is 11.8 Å². The highest BCUT2D eigenvalue weighted by Gasteiger charge is 2.33. The summed E-state index contributed by atoms with van der Waals surface area (Å²) in [6.45, 7) is 4.30. The van der Waals surface area contributed by atoms with Crippen LogP contribution in [0.4, 0.5) is 5.82 Å². The van der Waals surface area contributed by atoms with E-state index in [0.29, 0.717) is 18.1 Å². The zero-order chi connectivity index (χ0) is 14.8. The molecule has 1 fully saturated rings. The van der Waals surface area contributed by atoms with Crippen molar-refractivity contribution in [3.05, 3.63) is 23.9 Å². The molecule has 1 aromatic rings. The molecule has 0 amide bonds. The monoisotopic (exact) mass is 315 g/mol. The lowest BCUT2D eigenvalue weighted by atomic mass is 10.1. The van der Waals surface area contributed by atoms with E-state index in [4.69, 9.17) is 5.73 Å². The summed E-state index contributed by atoms with van der Waals surface area (Å²) < 4.78 is 24.5. The fraction of sp³-hybridized carbons (Fsp3) is 0.615. The molecule has 0 bridgehead atoms. The van der Waals surface area contributed by atoms with Gasteiger partial charge in [0.25, 0.3) is 0 Å². The molecule has 112 valence electrons. The molecule has 0 spiro atoms. The number of nitrogens with two attached hydrogens (primary N) is 1. The molecular formula is C13H21N3O2S2. The second-order valence-electron chi connectivity index (χ2n) is 4.91. The minimum Gasteiger partial charge on any atom is -0.338 e. The molecule has 20 heavy (non-hydrogen) atoms. The molecular weight excluding hydrogens is 294 g/mol. The number of nitrogens with zero attached hydrogens (tertiary/aromatic N) is 2. The summed E-state index contributed by atoms with van der Waals surface area (Å²) >= 11 is 1.68. The maximum Gasteiger partial charge on any atom is 0.171 e. The van der Waals surface area contributed by atoms with Crippen LogP contribution < -0.4 is 10.6 Å².